The minimum Gasteiger partial charge on any atom is -0.395 e. The zero-order valence-electron chi connectivity index (χ0n) is 9.57. The third-order valence-electron chi connectivity index (χ3n) is 2.20. The summed E-state index contributed by atoms with van der Waals surface area (Å²) in [6.45, 7) is 1.79. The van der Waals surface area contributed by atoms with Gasteiger partial charge in [0.05, 0.1) is 0 Å². The van der Waals surface area contributed by atoms with Gasteiger partial charge >= 0.3 is 6.29 Å². The molecule has 1 aliphatic heterocycles. The highest BCUT2D eigenvalue weighted by molar-refractivity contribution is 5.73. The van der Waals surface area contributed by atoms with Gasteiger partial charge in [-0.15, -0.1) is 8.78 Å². The van der Waals surface area contributed by atoms with E-state index in [0.717, 1.165) is 0 Å². The van der Waals surface area contributed by atoms with Crippen LogP contribution in [0.2, 0.25) is 0 Å². The minimum absolute atomic E-state index is 0.00155. The third kappa shape index (κ3) is 2.97. The highest BCUT2D eigenvalue weighted by atomic mass is 19.3. The molecule has 1 aromatic carbocycles. The zero-order valence-corrected chi connectivity index (χ0v) is 9.57. The molecule has 1 aromatic rings. The topological polar surface area (TPSA) is 47.6 Å². The number of carbonyl (C=O) groups is 1. The smallest absolute Gasteiger partial charge is 0.395 e. The normalized spacial score (nSPS) is 15.9. The van der Waals surface area contributed by atoms with Crippen LogP contribution in [0.25, 0.3) is 6.08 Å². The number of ether oxygens (including phenoxy) is 2. The van der Waals surface area contributed by atoms with Gasteiger partial charge in [-0.3, -0.25) is 4.79 Å². The largest absolute Gasteiger partial charge is 0.586 e. The van der Waals surface area contributed by atoms with Crippen molar-refractivity contribution in [3.8, 4) is 11.5 Å². The third-order valence-corrected chi connectivity index (χ3v) is 2.20. The number of fused-ring (bicyclic) bond motifs is 1. The van der Waals surface area contributed by atoms with Gasteiger partial charge < -0.3 is 14.8 Å². The fraction of sp³-hybridized carbons (Fsp3) is 0.250. The fourth-order valence-corrected chi connectivity index (χ4v) is 1.47. The van der Waals surface area contributed by atoms with Crippen LogP contribution in [-0.2, 0) is 4.79 Å². The van der Waals surface area contributed by atoms with E-state index in [2.05, 4.69) is 14.8 Å². The second kappa shape index (κ2) is 4.64. The Kier molecular flexibility index (Phi) is 3.18. The highest BCUT2D eigenvalue weighted by Gasteiger charge is 2.43. The molecule has 0 bridgehead atoms. The van der Waals surface area contributed by atoms with Gasteiger partial charge in [-0.2, -0.15) is 0 Å². The van der Waals surface area contributed by atoms with E-state index in [0.29, 0.717) is 12.1 Å². The summed E-state index contributed by atoms with van der Waals surface area (Å²) >= 11 is 0. The lowest BCUT2D eigenvalue weighted by molar-refractivity contribution is -0.286. The van der Waals surface area contributed by atoms with Crippen molar-refractivity contribution in [2.75, 3.05) is 6.54 Å². The summed E-state index contributed by atoms with van der Waals surface area (Å²) < 4.78 is 34.1. The summed E-state index contributed by atoms with van der Waals surface area (Å²) in [6, 6.07) is 4.47. The Morgan fingerprint density at radius 1 is 1.39 bits per heavy atom. The number of amides is 1. The fourth-order valence-electron chi connectivity index (χ4n) is 1.47. The van der Waals surface area contributed by atoms with Crippen molar-refractivity contribution in [3.63, 3.8) is 0 Å². The van der Waals surface area contributed by atoms with Gasteiger partial charge in [0.15, 0.2) is 11.5 Å². The molecule has 0 unspecified atom stereocenters. The average Bonchev–Trinajstić information content (AvgIpc) is 2.57. The van der Waals surface area contributed by atoms with Crippen molar-refractivity contribution in [3.05, 3.63) is 29.8 Å². The number of halogens is 2. The summed E-state index contributed by atoms with van der Waals surface area (Å²) in [4.78, 5) is 10.6. The van der Waals surface area contributed by atoms with E-state index in [9.17, 15) is 13.6 Å². The first-order valence-corrected chi connectivity index (χ1v) is 5.27. The van der Waals surface area contributed by atoms with Gasteiger partial charge in [-0.05, 0) is 17.7 Å². The van der Waals surface area contributed by atoms with Crippen molar-refractivity contribution in [1.82, 2.24) is 5.32 Å². The number of carbonyl (C=O) groups excluding carboxylic acids is 1. The number of hydrogen-bond donors (Lipinski definition) is 1. The molecular weight excluding hydrogens is 244 g/mol. The van der Waals surface area contributed by atoms with Gasteiger partial charge in [-0.25, -0.2) is 0 Å². The molecule has 0 saturated heterocycles. The van der Waals surface area contributed by atoms with Crippen LogP contribution >= 0.6 is 0 Å². The molecule has 0 aromatic heterocycles. The molecule has 0 radical (unpaired) electrons. The van der Waals surface area contributed by atoms with Crippen LogP contribution in [0.4, 0.5) is 8.78 Å². The number of nitrogens with one attached hydrogen (secondary N) is 1. The van der Waals surface area contributed by atoms with Gasteiger partial charge in [-0.1, -0.05) is 18.2 Å². The Bertz CT molecular complexity index is 500. The number of hydrogen-bond acceptors (Lipinski definition) is 3. The summed E-state index contributed by atoms with van der Waals surface area (Å²) in [7, 11) is 0. The zero-order chi connectivity index (χ0) is 13.2. The highest BCUT2D eigenvalue weighted by Crippen LogP contribution is 2.41. The lowest BCUT2D eigenvalue weighted by Crippen LogP contribution is -2.25. The lowest BCUT2D eigenvalue weighted by Gasteiger charge is -2.04. The summed E-state index contributed by atoms with van der Waals surface area (Å²) in [5.74, 6) is -0.120. The number of rotatable bonds is 3. The molecule has 0 spiro atoms. The molecule has 18 heavy (non-hydrogen) atoms. The van der Waals surface area contributed by atoms with E-state index in [1.165, 1.54) is 19.1 Å². The second-order valence-corrected chi connectivity index (χ2v) is 3.71. The van der Waals surface area contributed by atoms with Crippen LogP contribution in [0.3, 0.4) is 0 Å². The first-order valence-electron chi connectivity index (χ1n) is 5.27. The summed E-state index contributed by atoms with van der Waals surface area (Å²) in [5.41, 5.74) is 0.681. The molecule has 4 nitrogen and oxygen atoms in total. The van der Waals surface area contributed by atoms with Crippen LogP contribution in [-0.4, -0.2) is 18.7 Å². The van der Waals surface area contributed by atoms with E-state index in [-0.39, 0.29) is 17.4 Å². The van der Waals surface area contributed by atoms with Crippen molar-refractivity contribution < 1.29 is 23.0 Å². The minimum atomic E-state index is -3.60. The Labute approximate surface area is 102 Å². The van der Waals surface area contributed by atoms with Gasteiger partial charge in [0, 0.05) is 13.5 Å². The van der Waals surface area contributed by atoms with Crippen molar-refractivity contribution in [2.24, 2.45) is 0 Å². The maximum Gasteiger partial charge on any atom is 0.586 e. The van der Waals surface area contributed by atoms with Crippen molar-refractivity contribution in [2.45, 2.75) is 13.2 Å². The van der Waals surface area contributed by atoms with Crippen LogP contribution in [0.1, 0.15) is 12.5 Å². The van der Waals surface area contributed by atoms with E-state index in [1.54, 1.807) is 18.2 Å². The van der Waals surface area contributed by atoms with E-state index in [4.69, 9.17) is 0 Å². The first kappa shape index (κ1) is 12.3. The van der Waals surface area contributed by atoms with Gasteiger partial charge in [0.1, 0.15) is 0 Å². The van der Waals surface area contributed by atoms with Gasteiger partial charge in [0.25, 0.3) is 0 Å². The molecule has 1 N–H and O–H groups in total. The predicted octanol–water partition coefficient (Wildman–Crippen LogP) is 2.16. The van der Waals surface area contributed by atoms with Crippen LogP contribution in [0, 0.1) is 0 Å². The van der Waals surface area contributed by atoms with E-state index in [1.807, 2.05) is 0 Å². The number of benzene rings is 1. The quantitative estimate of drug-likeness (QED) is 0.900. The molecule has 6 heteroatoms. The molecule has 2 rings (SSSR count). The van der Waals surface area contributed by atoms with Crippen LogP contribution in [0.5, 0.6) is 11.5 Å². The monoisotopic (exact) mass is 255 g/mol. The van der Waals surface area contributed by atoms with Gasteiger partial charge in [0.2, 0.25) is 5.91 Å². The van der Waals surface area contributed by atoms with Crippen molar-refractivity contribution >= 4 is 12.0 Å². The van der Waals surface area contributed by atoms with E-state index < -0.39 is 6.29 Å². The molecule has 0 fully saturated rings. The van der Waals surface area contributed by atoms with Crippen molar-refractivity contribution in [1.29, 1.82) is 0 Å². The lowest BCUT2D eigenvalue weighted by atomic mass is 10.2. The van der Waals surface area contributed by atoms with Crippen LogP contribution in [0.15, 0.2) is 24.3 Å². The summed E-state index contributed by atoms with van der Waals surface area (Å²) in [5, 5.41) is 2.58. The number of alkyl halides is 2. The second-order valence-electron chi connectivity index (χ2n) is 3.71. The Morgan fingerprint density at radius 3 is 2.83 bits per heavy atom. The molecule has 0 saturated carbocycles. The maximum atomic E-state index is 12.8. The molecule has 96 valence electrons. The molecule has 1 amide bonds. The van der Waals surface area contributed by atoms with Crippen LogP contribution < -0.4 is 14.8 Å². The SMILES string of the molecule is CC(=O)NCC=Cc1ccc2c(c1)OC(F)(F)O2. The molecule has 1 aliphatic rings. The molecule has 0 atom stereocenters. The first-order chi connectivity index (χ1) is 8.46. The Balaban J connectivity index is 2.03. The Hall–Kier alpha value is -2.11. The predicted molar refractivity (Wildman–Crippen MR) is 60.4 cm³/mol. The van der Waals surface area contributed by atoms with E-state index >= 15 is 0 Å². The maximum absolute atomic E-state index is 12.8. The molecule has 1 heterocycles. The average molecular weight is 255 g/mol. The Morgan fingerprint density at radius 2 is 2.11 bits per heavy atom. The standard InChI is InChI=1S/C12H11F2NO3/c1-8(16)15-6-2-3-9-4-5-10-11(7-9)18-12(13,14)17-10/h2-5,7H,6H2,1H3,(H,15,16). The molecular formula is C12H11F2NO3. The summed E-state index contributed by atoms with van der Waals surface area (Å²) in [6.07, 6.45) is -0.200. The molecule has 0 aliphatic carbocycles.